The van der Waals surface area contributed by atoms with Gasteiger partial charge in [0.05, 0.1) is 31.5 Å². The van der Waals surface area contributed by atoms with Gasteiger partial charge in [0.15, 0.2) is 5.82 Å². The number of amides is 2. The molecule has 10 nitrogen and oxygen atoms in total. The first kappa shape index (κ1) is 21.2. The molecule has 1 aromatic carbocycles. The summed E-state index contributed by atoms with van der Waals surface area (Å²) in [6.45, 7) is 0.901. The highest BCUT2D eigenvalue weighted by Gasteiger charge is 2.29. The Bertz CT molecular complexity index is 1160. The van der Waals surface area contributed by atoms with Gasteiger partial charge in [-0.25, -0.2) is 9.59 Å². The number of nitrogens with zero attached hydrogens (tertiary/aromatic N) is 4. The predicted molar refractivity (Wildman–Crippen MR) is 118 cm³/mol. The van der Waals surface area contributed by atoms with E-state index in [4.69, 9.17) is 9.26 Å². The first-order valence-corrected chi connectivity index (χ1v) is 11.2. The van der Waals surface area contributed by atoms with Crippen molar-refractivity contribution in [3.63, 3.8) is 0 Å². The highest BCUT2D eigenvalue weighted by molar-refractivity contribution is 5.93. The molecule has 2 N–H and O–H groups in total. The molecule has 1 fully saturated rings. The smallest absolute Gasteiger partial charge is 0.341 e. The summed E-state index contributed by atoms with van der Waals surface area (Å²) in [5.74, 6) is 1.44. The second-order valence-electron chi connectivity index (χ2n) is 8.44. The molecule has 1 aliphatic heterocycles. The second kappa shape index (κ2) is 9.05. The molecule has 172 valence electrons. The number of anilines is 1. The maximum atomic E-state index is 12.4. The maximum Gasteiger partial charge on any atom is 0.341 e. The lowest BCUT2D eigenvalue weighted by Crippen LogP contribution is -2.29. The molecule has 0 bridgehead atoms. The van der Waals surface area contributed by atoms with Crippen molar-refractivity contribution in [2.75, 3.05) is 12.4 Å². The van der Waals surface area contributed by atoms with Crippen LogP contribution in [0.5, 0.6) is 0 Å². The van der Waals surface area contributed by atoms with Gasteiger partial charge < -0.3 is 19.9 Å². The fourth-order valence-electron chi connectivity index (χ4n) is 4.07. The lowest BCUT2D eigenvalue weighted by Gasteiger charge is -2.13. The van der Waals surface area contributed by atoms with E-state index in [2.05, 4.69) is 25.9 Å². The number of urea groups is 1. The number of aromatic nitrogens is 4. The van der Waals surface area contributed by atoms with Crippen LogP contribution in [0.3, 0.4) is 0 Å². The van der Waals surface area contributed by atoms with Gasteiger partial charge in [-0.1, -0.05) is 17.3 Å². The largest absolute Gasteiger partial charge is 0.465 e. The van der Waals surface area contributed by atoms with Gasteiger partial charge in [-0.05, 0) is 49.8 Å². The number of fused-ring (bicyclic) bond motifs is 1. The van der Waals surface area contributed by atoms with Crippen LogP contribution in [0, 0.1) is 0 Å². The topological polar surface area (TPSA) is 124 Å². The number of hydrogen-bond donors (Lipinski definition) is 2. The van der Waals surface area contributed by atoms with Gasteiger partial charge in [-0.2, -0.15) is 10.1 Å². The first-order chi connectivity index (χ1) is 16.1. The first-order valence-electron chi connectivity index (χ1n) is 11.2. The van der Waals surface area contributed by atoms with Crippen LogP contribution in [0.1, 0.15) is 70.6 Å². The minimum Gasteiger partial charge on any atom is -0.465 e. The zero-order valence-electron chi connectivity index (χ0n) is 18.5. The molecule has 1 saturated carbocycles. The molecule has 2 amide bonds. The molecule has 0 saturated heterocycles. The average molecular weight is 450 g/mol. The Hall–Kier alpha value is -3.69. The number of ether oxygens (including phenoxy) is 1. The Kier molecular flexibility index (Phi) is 5.80. The van der Waals surface area contributed by atoms with Crippen LogP contribution < -0.4 is 10.6 Å². The molecular formula is C23H26N6O4. The number of methoxy groups -OCH3 is 1. The molecule has 0 unspecified atom stereocenters. The summed E-state index contributed by atoms with van der Waals surface area (Å²) in [6.07, 6.45) is 5.62. The SMILES string of the molecule is COC(=O)c1c(CNC(=O)Nc2ccc(Cc3nc(C4CC4)no3)cc2)nn2c1CCCC2. The standard InChI is InChI=1S/C23H26N6O4/c1-32-22(30)20-17(27-29-11-3-2-4-18(20)29)13-24-23(31)25-16-9-5-14(6-10-16)12-19-26-21(28-33-19)15-7-8-15/h5-6,9-10,15H,2-4,7-8,11-13H2,1H3,(H2,24,25,31). The lowest BCUT2D eigenvalue weighted by molar-refractivity contribution is 0.0597. The number of hydrogen-bond acceptors (Lipinski definition) is 7. The van der Waals surface area contributed by atoms with Crippen molar-refractivity contribution in [1.29, 1.82) is 0 Å². The molecule has 3 heterocycles. The van der Waals surface area contributed by atoms with Crippen LogP contribution in [0.4, 0.5) is 10.5 Å². The minimum absolute atomic E-state index is 0.134. The average Bonchev–Trinajstić information content (AvgIpc) is 3.46. The fraction of sp³-hybridized carbons (Fsp3) is 0.435. The van der Waals surface area contributed by atoms with E-state index in [-0.39, 0.29) is 12.6 Å². The molecule has 0 radical (unpaired) electrons. The van der Waals surface area contributed by atoms with Crippen LogP contribution in [0.15, 0.2) is 28.8 Å². The number of aryl methyl sites for hydroxylation is 1. The maximum absolute atomic E-state index is 12.4. The Morgan fingerprint density at radius 2 is 2.03 bits per heavy atom. The Morgan fingerprint density at radius 3 is 2.79 bits per heavy atom. The highest BCUT2D eigenvalue weighted by atomic mass is 16.5. The third-order valence-corrected chi connectivity index (χ3v) is 5.96. The van der Waals surface area contributed by atoms with Crippen molar-refractivity contribution < 1.29 is 18.8 Å². The normalized spacial score (nSPS) is 15.1. The molecule has 10 heteroatoms. The molecule has 1 aliphatic carbocycles. The van der Waals surface area contributed by atoms with Gasteiger partial charge in [-0.15, -0.1) is 0 Å². The third kappa shape index (κ3) is 4.74. The van der Waals surface area contributed by atoms with Gasteiger partial charge in [0.1, 0.15) is 5.56 Å². The Balaban J connectivity index is 1.17. The molecule has 2 aliphatic rings. The van der Waals surface area contributed by atoms with E-state index in [1.54, 1.807) is 0 Å². The number of esters is 1. The van der Waals surface area contributed by atoms with Crippen LogP contribution in [-0.4, -0.2) is 39.0 Å². The van der Waals surface area contributed by atoms with E-state index >= 15 is 0 Å². The third-order valence-electron chi connectivity index (χ3n) is 5.96. The summed E-state index contributed by atoms with van der Waals surface area (Å²) in [4.78, 5) is 29.1. The van der Waals surface area contributed by atoms with Gasteiger partial charge in [0, 0.05) is 18.2 Å². The fourth-order valence-corrected chi connectivity index (χ4v) is 4.07. The van der Waals surface area contributed by atoms with Crippen molar-refractivity contribution in [3.05, 3.63) is 58.5 Å². The molecule has 5 rings (SSSR count). The number of benzene rings is 1. The van der Waals surface area contributed by atoms with E-state index in [0.717, 1.165) is 55.7 Å². The Morgan fingerprint density at radius 1 is 1.21 bits per heavy atom. The van der Waals surface area contributed by atoms with E-state index < -0.39 is 5.97 Å². The highest BCUT2D eigenvalue weighted by Crippen LogP contribution is 2.38. The second-order valence-corrected chi connectivity index (χ2v) is 8.44. The molecular weight excluding hydrogens is 424 g/mol. The van der Waals surface area contributed by atoms with Crippen molar-refractivity contribution in [3.8, 4) is 0 Å². The molecule has 33 heavy (non-hydrogen) atoms. The molecule has 0 spiro atoms. The quantitative estimate of drug-likeness (QED) is 0.530. The summed E-state index contributed by atoms with van der Waals surface area (Å²) in [6, 6.07) is 7.09. The zero-order valence-corrected chi connectivity index (χ0v) is 18.5. The number of carbonyl (C=O) groups is 2. The van der Waals surface area contributed by atoms with E-state index in [0.29, 0.717) is 35.2 Å². The van der Waals surface area contributed by atoms with Crippen molar-refractivity contribution in [2.24, 2.45) is 0 Å². The summed E-state index contributed by atoms with van der Waals surface area (Å²) in [5.41, 5.74) is 3.53. The summed E-state index contributed by atoms with van der Waals surface area (Å²) in [5, 5.41) is 14.1. The van der Waals surface area contributed by atoms with Crippen LogP contribution >= 0.6 is 0 Å². The van der Waals surface area contributed by atoms with Crippen LogP contribution in [-0.2, 0) is 30.7 Å². The van der Waals surface area contributed by atoms with Crippen molar-refractivity contribution in [2.45, 2.75) is 57.5 Å². The Labute approximate surface area is 190 Å². The van der Waals surface area contributed by atoms with Crippen LogP contribution in [0.2, 0.25) is 0 Å². The summed E-state index contributed by atoms with van der Waals surface area (Å²) in [7, 11) is 1.35. The number of carbonyl (C=O) groups excluding carboxylic acids is 2. The number of nitrogens with one attached hydrogen (secondary N) is 2. The van der Waals surface area contributed by atoms with Crippen molar-refractivity contribution in [1.82, 2.24) is 25.2 Å². The zero-order chi connectivity index (χ0) is 22.8. The van der Waals surface area contributed by atoms with E-state index in [9.17, 15) is 9.59 Å². The summed E-state index contributed by atoms with van der Waals surface area (Å²) >= 11 is 0. The lowest BCUT2D eigenvalue weighted by atomic mass is 10.0. The minimum atomic E-state index is -0.420. The molecule has 3 aromatic rings. The predicted octanol–water partition coefficient (Wildman–Crippen LogP) is 3.18. The summed E-state index contributed by atoms with van der Waals surface area (Å²) < 4.78 is 12.1. The molecule has 2 aromatic heterocycles. The molecule has 0 atom stereocenters. The monoisotopic (exact) mass is 450 g/mol. The van der Waals surface area contributed by atoms with Crippen molar-refractivity contribution >= 4 is 17.7 Å². The van der Waals surface area contributed by atoms with Gasteiger partial charge >= 0.3 is 12.0 Å². The number of rotatable bonds is 7. The van der Waals surface area contributed by atoms with Gasteiger partial charge in [0.25, 0.3) is 0 Å². The van der Waals surface area contributed by atoms with E-state index in [1.165, 1.54) is 7.11 Å². The van der Waals surface area contributed by atoms with Crippen LogP contribution in [0.25, 0.3) is 0 Å². The van der Waals surface area contributed by atoms with Gasteiger partial charge in [0.2, 0.25) is 5.89 Å². The van der Waals surface area contributed by atoms with E-state index in [1.807, 2.05) is 28.9 Å². The van der Waals surface area contributed by atoms with Gasteiger partial charge in [-0.3, -0.25) is 4.68 Å².